The van der Waals surface area contributed by atoms with E-state index >= 15 is 0 Å². The maximum absolute atomic E-state index is 11.3. The summed E-state index contributed by atoms with van der Waals surface area (Å²) >= 11 is 0. The number of carboxylic acids is 1. The molecule has 21 heavy (non-hydrogen) atoms. The summed E-state index contributed by atoms with van der Waals surface area (Å²) in [6, 6.07) is 3.53. The Balaban J connectivity index is 2.04. The van der Waals surface area contributed by atoms with Gasteiger partial charge in [-0.1, -0.05) is 0 Å². The van der Waals surface area contributed by atoms with Gasteiger partial charge in [0.05, 0.1) is 18.9 Å². The topological polar surface area (TPSA) is 88.4 Å². The first-order chi connectivity index (χ1) is 10.3. The van der Waals surface area contributed by atoms with Crippen LogP contribution in [0, 0.1) is 0 Å². The fraction of sp³-hybridized carbons (Fsp3) is 0.286. The van der Waals surface area contributed by atoms with Crippen molar-refractivity contribution < 1.29 is 14.6 Å². The number of nitrogens with zero attached hydrogens (tertiary/aromatic N) is 4. The lowest BCUT2D eigenvalue weighted by Gasteiger charge is -2.27. The zero-order valence-corrected chi connectivity index (χ0v) is 11.3. The van der Waals surface area contributed by atoms with Gasteiger partial charge in [-0.3, -0.25) is 4.98 Å². The number of aromatic carboxylic acids is 1. The minimum Gasteiger partial charge on any atom is -0.478 e. The van der Waals surface area contributed by atoms with Crippen molar-refractivity contribution >= 4 is 11.9 Å². The summed E-state index contributed by atoms with van der Waals surface area (Å²) in [4.78, 5) is 25.9. The Kier molecular flexibility index (Phi) is 3.74. The monoisotopic (exact) mass is 286 g/mol. The van der Waals surface area contributed by atoms with E-state index in [1.54, 1.807) is 24.5 Å². The maximum Gasteiger partial charge on any atom is 0.339 e. The molecule has 0 aliphatic carbocycles. The molecule has 1 fully saturated rings. The minimum atomic E-state index is -1.05. The first-order valence-corrected chi connectivity index (χ1v) is 6.59. The Hall–Kier alpha value is -2.54. The van der Waals surface area contributed by atoms with Crippen LogP contribution in [0.3, 0.4) is 0 Å². The molecule has 108 valence electrons. The van der Waals surface area contributed by atoms with Crippen LogP contribution in [0.4, 0.5) is 5.95 Å². The average molecular weight is 286 g/mol. The molecule has 1 N–H and O–H groups in total. The zero-order valence-electron chi connectivity index (χ0n) is 11.3. The summed E-state index contributed by atoms with van der Waals surface area (Å²) < 4.78 is 5.30. The third kappa shape index (κ3) is 2.82. The van der Waals surface area contributed by atoms with Gasteiger partial charge in [-0.25, -0.2) is 14.8 Å². The van der Waals surface area contributed by atoms with Gasteiger partial charge in [-0.05, 0) is 12.1 Å². The van der Waals surface area contributed by atoms with Crippen molar-refractivity contribution in [1.29, 1.82) is 0 Å². The van der Waals surface area contributed by atoms with Crippen LogP contribution in [0.2, 0.25) is 0 Å². The van der Waals surface area contributed by atoms with Gasteiger partial charge in [0, 0.05) is 37.2 Å². The lowest BCUT2D eigenvalue weighted by molar-refractivity contribution is 0.0697. The second kappa shape index (κ2) is 5.84. The third-order valence-corrected chi connectivity index (χ3v) is 3.24. The fourth-order valence-electron chi connectivity index (χ4n) is 2.17. The summed E-state index contributed by atoms with van der Waals surface area (Å²) in [7, 11) is 0. The number of hydrogen-bond acceptors (Lipinski definition) is 6. The summed E-state index contributed by atoms with van der Waals surface area (Å²) in [5.74, 6) is -0.537. The van der Waals surface area contributed by atoms with Crippen molar-refractivity contribution in [3.05, 3.63) is 36.3 Å². The van der Waals surface area contributed by atoms with E-state index in [1.807, 2.05) is 4.90 Å². The molecular formula is C14H14N4O3. The molecule has 0 aromatic carbocycles. The van der Waals surface area contributed by atoms with Crippen LogP contribution >= 0.6 is 0 Å². The molecule has 0 radical (unpaired) electrons. The van der Waals surface area contributed by atoms with Gasteiger partial charge >= 0.3 is 5.97 Å². The van der Waals surface area contributed by atoms with E-state index in [0.717, 1.165) is 0 Å². The normalized spacial score (nSPS) is 15.0. The van der Waals surface area contributed by atoms with Crippen molar-refractivity contribution in [3.8, 4) is 11.3 Å². The van der Waals surface area contributed by atoms with Gasteiger partial charge in [0.2, 0.25) is 5.95 Å². The first-order valence-electron chi connectivity index (χ1n) is 6.59. The fourth-order valence-corrected chi connectivity index (χ4v) is 2.17. The molecule has 1 saturated heterocycles. The van der Waals surface area contributed by atoms with E-state index in [1.165, 1.54) is 6.20 Å². The lowest BCUT2D eigenvalue weighted by atomic mass is 10.1. The van der Waals surface area contributed by atoms with Crippen LogP contribution in [-0.2, 0) is 4.74 Å². The number of ether oxygens (including phenoxy) is 1. The third-order valence-electron chi connectivity index (χ3n) is 3.24. The number of hydrogen-bond donors (Lipinski definition) is 1. The highest BCUT2D eigenvalue weighted by atomic mass is 16.5. The van der Waals surface area contributed by atoms with Gasteiger partial charge in [-0.2, -0.15) is 0 Å². The van der Waals surface area contributed by atoms with E-state index in [4.69, 9.17) is 4.74 Å². The Morgan fingerprint density at radius 3 is 2.76 bits per heavy atom. The lowest BCUT2D eigenvalue weighted by Crippen LogP contribution is -2.37. The SMILES string of the molecule is O=C(O)c1cnc(N2CCOCC2)nc1-c1cccnc1. The molecule has 2 aromatic heterocycles. The molecular weight excluding hydrogens is 272 g/mol. The standard InChI is InChI=1S/C14H14N4O3/c19-13(20)11-9-16-14(18-4-6-21-7-5-18)17-12(11)10-2-1-3-15-8-10/h1-3,8-9H,4-7H2,(H,19,20). The molecule has 3 heterocycles. The van der Waals surface area contributed by atoms with Crippen LogP contribution in [0.25, 0.3) is 11.3 Å². The van der Waals surface area contributed by atoms with Crippen molar-refractivity contribution in [3.63, 3.8) is 0 Å². The van der Waals surface area contributed by atoms with Crippen molar-refractivity contribution in [2.75, 3.05) is 31.2 Å². The highest BCUT2D eigenvalue weighted by Gasteiger charge is 2.19. The molecule has 1 aliphatic heterocycles. The Morgan fingerprint density at radius 2 is 2.10 bits per heavy atom. The molecule has 0 amide bonds. The van der Waals surface area contributed by atoms with Gasteiger partial charge < -0.3 is 14.7 Å². The second-order valence-corrected chi connectivity index (χ2v) is 4.58. The molecule has 0 spiro atoms. The first kappa shape index (κ1) is 13.4. The largest absolute Gasteiger partial charge is 0.478 e. The number of carboxylic acid groups (broad SMARTS) is 1. The molecule has 7 nitrogen and oxygen atoms in total. The maximum atomic E-state index is 11.3. The predicted molar refractivity (Wildman–Crippen MR) is 75.3 cm³/mol. The highest BCUT2D eigenvalue weighted by molar-refractivity contribution is 5.94. The molecule has 0 unspecified atom stereocenters. The zero-order chi connectivity index (χ0) is 14.7. The molecule has 3 rings (SSSR count). The van der Waals surface area contributed by atoms with E-state index < -0.39 is 5.97 Å². The van der Waals surface area contributed by atoms with E-state index in [2.05, 4.69) is 15.0 Å². The number of pyridine rings is 1. The molecule has 7 heteroatoms. The summed E-state index contributed by atoms with van der Waals surface area (Å²) in [6.07, 6.45) is 4.58. The van der Waals surface area contributed by atoms with Crippen LogP contribution in [0.1, 0.15) is 10.4 Å². The average Bonchev–Trinajstić information content (AvgIpc) is 2.56. The van der Waals surface area contributed by atoms with E-state index in [0.29, 0.717) is 43.5 Å². The quantitative estimate of drug-likeness (QED) is 0.902. The highest BCUT2D eigenvalue weighted by Crippen LogP contribution is 2.23. The summed E-state index contributed by atoms with van der Waals surface area (Å²) in [5.41, 5.74) is 1.11. The van der Waals surface area contributed by atoms with Crippen LogP contribution in [0.5, 0.6) is 0 Å². The van der Waals surface area contributed by atoms with Crippen LogP contribution in [0.15, 0.2) is 30.7 Å². The van der Waals surface area contributed by atoms with E-state index in [-0.39, 0.29) is 5.56 Å². The van der Waals surface area contributed by atoms with Gasteiger partial charge in [-0.15, -0.1) is 0 Å². The van der Waals surface area contributed by atoms with Gasteiger partial charge in [0.1, 0.15) is 5.56 Å². The molecule has 0 bridgehead atoms. The number of rotatable bonds is 3. The van der Waals surface area contributed by atoms with E-state index in [9.17, 15) is 9.90 Å². The molecule has 2 aromatic rings. The van der Waals surface area contributed by atoms with Crippen LogP contribution in [-0.4, -0.2) is 52.3 Å². The number of aromatic nitrogens is 3. The smallest absolute Gasteiger partial charge is 0.339 e. The van der Waals surface area contributed by atoms with Crippen molar-refractivity contribution in [2.24, 2.45) is 0 Å². The van der Waals surface area contributed by atoms with Crippen molar-refractivity contribution in [2.45, 2.75) is 0 Å². The second-order valence-electron chi connectivity index (χ2n) is 4.58. The Labute approximate surface area is 121 Å². The number of carbonyl (C=O) groups is 1. The number of anilines is 1. The van der Waals surface area contributed by atoms with Crippen molar-refractivity contribution in [1.82, 2.24) is 15.0 Å². The molecule has 0 atom stereocenters. The number of morpholine rings is 1. The molecule has 1 aliphatic rings. The van der Waals surface area contributed by atoms with Crippen LogP contribution < -0.4 is 4.90 Å². The Morgan fingerprint density at radius 1 is 1.29 bits per heavy atom. The van der Waals surface area contributed by atoms with Gasteiger partial charge in [0.25, 0.3) is 0 Å². The molecule has 0 saturated carbocycles. The predicted octanol–water partition coefficient (Wildman–Crippen LogP) is 1.07. The van der Waals surface area contributed by atoms with Gasteiger partial charge in [0.15, 0.2) is 0 Å². The summed E-state index contributed by atoms with van der Waals surface area (Å²) in [5, 5.41) is 9.29. The minimum absolute atomic E-state index is 0.0695. The Bertz CT molecular complexity index is 642. The summed E-state index contributed by atoms with van der Waals surface area (Å²) in [6.45, 7) is 2.62.